The number of carbonyl (C=O) groups is 1. The maximum Gasteiger partial charge on any atom is 0.268 e. The molecule has 2 heterocycles. The van der Waals surface area contributed by atoms with E-state index in [1.54, 1.807) is 36.3 Å². The molecule has 1 aromatic carbocycles. The molecule has 0 fully saturated rings. The van der Waals surface area contributed by atoms with Crippen LogP contribution in [-0.2, 0) is 6.54 Å². The van der Waals surface area contributed by atoms with Crippen molar-refractivity contribution in [2.75, 3.05) is 6.54 Å². The van der Waals surface area contributed by atoms with E-state index in [9.17, 15) is 9.59 Å². The molecule has 0 spiro atoms. The van der Waals surface area contributed by atoms with Crippen molar-refractivity contribution in [3.8, 4) is 5.69 Å². The van der Waals surface area contributed by atoms with Crippen LogP contribution in [0.3, 0.4) is 0 Å². The molecule has 0 aliphatic heterocycles. The number of pyridine rings is 1. The van der Waals surface area contributed by atoms with Gasteiger partial charge in [-0.2, -0.15) is 0 Å². The number of carbonyl (C=O) groups excluding carboxylic acids is 1. The van der Waals surface area contributed by atoms with Crippen molar-refractivity contribution in [2.24, 2.45) is 0 Å². The second-order valence-corrected chi connectivity index (χ2v) is 7.07. The number of aromatic nitrogens is 4. The van der Waals surface area contributed by atoms with E-state index in [1.807, 2.05) is 24.3 Å². The number of nitrogens with one attached hydrogen (secondary N) is 1. The van der Waals surface area contributed by atoms with E-state index in [4.69, 9.17) is 0 Å². The summed E-state index contributed by atoms with van der Waals surface area (Å²) in [5.74, 6) is 0.00399. The Kier molecular flexibility index (Phi) is 6.03. The van der Waals surface area contributed by atoms with Gasteiger partial charge in [0.25, 0.3) is 11.5 Å². The van der Waals surface area contributed by atoms with E-state index in [-0.39, 0.29) is 17.0 Å². The molecular formula is C21H25N5O2. The Morgan fingerprint density at radius 2 is 2.04 bits per heavy atom. The van der Waals surface area contributed by atoms with Crippen molar-refractivity contribution in [1.29, 1.82) is 0 Å². The summed E-state index contributed by atoms with van der Waals surface area (Å²) >= 11 is 0. The van der Waals surface area contributed by atoms with Crippen LogP contribution in [0.15, 0.2) is 53.7 Å². The number of rotatable bonds is 7. The normalized spacial score (nSPS) is 11.0. The fourth-order valence-corrected chi connectivity index (χ4v) is 3.02. The molecule has 0 bridgehead atoms. The number of hydrogen-bond donors (Lipinski definition) is 1. The maximum absolute atomic E-state index is 13.0. The summed E-state index contributed by atoms with van der Waals surface area (Å²) in [4.78, 5) is 25.7. The summed E-state index contributed by atoms with van der Waals surface area (Å²) < 4.78 is 3.23. The lowest BCUT2D eigenvalue weighted by Gasteiger charge is -2.13. The zero-order chi connectivity index (χ0) is 20.1. The van der Waals surface area contributed by atoms with E-state index in [1.165, 1.54) is 4.57 Å². The first kappa shape index (κ1) is 19.5. The molecule has 2 aromatic heterocycles. The van der Waals surface area contributed by atoms with Crippen LogP contribution in [0.1, 0.15) is 47.7 Å². The molecule has 7 heteroatoms. The molecule has 3 aromatic rings. The zero-order valence-corrected chi connectivity index (χ0v) is 16.4. The molecule has 0 saturated heterocycles. The molecule has 0 aliphatic rings. The van der Waals surface area contributed by atoms with Crippen LogP contribution >= 0.6 is 0 Å². The number of benzene rings is 1. The third-order valence-corrected chi connectivity index (χ3v) is 4.66. The van der Waals surface area contributed by atoms with Crippen molar-refractivity contribution in [1.82, 2.24) is 24.9 Å². The molecule has 0 aliphatic carbocycles. The molecule has 7 nitrogen and oxygen atoms in total. The fourth-order valence-electron chi connectivity index (χ4n) is 3.02. The topological polar surface area (TPSA) is 81.8 Å². The van der Waals surface area contributed by atoms with Crippen molar-refractivity contribution >= 4 is 5.91 Å². The van der Waals surface area contributed by atoms with Gasteiger partial charge in [0.1, 0.15) is 5.56 Å². The second-order valence-electron chi connectivity index (χ2n) is 7.07. The quantitative estimate of drug-likeness (QED) is 0.640. The summed E-state index contributed by atoms with van der Waals surface area (Å²) in [5, 5.41) is 10.5. The zero-order valence-electron chi connectivity index (χ0n) is 16.4. The lowest BCUT2D eigenvalue weighted by molar-refractivity contribution is 0.0950. The Balaban J connectivity index is 1.78. The van der Waals surface area contributed by atoms with Crippen LogP contribution in [0.25, 0.3) is 5.69 Å². The van der Waals surface area contributed by atoms with Gasteiger partial charge in [-0.1, -0.05) is 31.2 Å². The van der Waals surface area contributed by atoms with E-state index in [0.29, 0.717) is 31.0 Å². The van der Waals surface area contributed by atoms with Gasteiger partial charge in [0.15, 0.2) is 0 Å². The smallest absolute Gasteiger partial charge is 0.268 e. The molecule has 28 heavy (non-hydrogen) atoms. The van der Waals surface area contributed by atoms with Crippen LogP contribution in [0.2, 0.25) is 0 Å². The Labute approximate surface area is 164 Å². The molecule has 0 atom stereocenters. The maximum atomic E-state index is 13.0. The van der Waals surface area contributed by atoms with Crippen LogP contribution in [0.4, 0.5) is 0 Å². The van der Waals surface area contributed by atoms with E-state index < -0.39 is 0 Å². The molecule has 0 saturated carbocycles. The first-order valence-corrected chi connectivity index (χ1v) is 9.42. The van der Waals surface area contributed by atoms with Gasteiger partial charge in [0.05, 0.1) is 6.20 Å². The molecule has 0 unspecified atom stereocenters. The van der Waals surface area contributed by atoms with Gasteiger partial charge in [-0.3, -0.25) is 18.8 Å². The number of aryl methyl sites for hydroxylation is 2. The van der Waals surface area contributed by atoms with Gasteiger partial charge in [-0.05, 0) is 48.6 Å². The highest BCUT2D eigenvalue weighted by Gasteiger charge is 2.16. The minimum absolute atomic E-state index is 0.179. The Hall–Kier alpha value is -3.22. The van der Waals surface area contributed by atoms with Crippen molar-refractivity contribution < 1.29 is 4.79 Å². The van der Waals surface area contributed by atoms with Crippen LogP contribution in [0, 0.1) is 6.92 Å². The lowest BCUT2D eigenvalue weighted by atomic mass is 10.0. The highest BCUT2D eigenvalue weighted by Crippen LogP contribution is 2.17. The van der Waals surface area contributed by atoms with Crippen molar-refractivity contribution in [3.05, 3.63) is 76.0 Å². The molecule has 146 valence electrons. The standard InChI is InChI=1S/C21H25N5O2/c1-15(2)17-6-4-7-18(14-17)26-12-8-16(3)19(21(26)28)20(27)22-9-5-11-25-13-10-23-24-25/h4,6-8,10,12-15H,5,9,11H2,1-3H3,(H,22,27). The molecule has 0 radical (unpaired) electrons. The number of amides is 1. The summed E-state index contributed by atoms with van der Waals surface area (Å²) in [6, 6.07) is 9.63. The van der Waals surface area contributed by atoms with E-state index in [2.05, 4.69) is 29.5 Å². The first-order chi connectivity index (χ1) is 13.5. The predicted molar refractivity (Wildman–Crippen MR) is 108 cm³/mol. The van der Waals surface area contributed by atoms with Gasteiger partial charge < -0.3 is 5.32 Å². The van der Waals surface area contributed by atoms with Crippen molar-refractivity contribution in [2.45, 2.75) is 39.7 Å². The van der Waals surface area contributed by atoms with Crippen molar-refractivity contribution in [3.63, 3.8) is 0 Å². The van der Waals surface area contributed by atoms with E-state index in [0.717, 1.165) is 11.3 Å². The van der Waals surface area contributed by atoms with Crippen LogP contribution < -0.4 is 10.9 Å². The molecule has 1 N–H and O–H groups in total. The van der Waals surface area contributed by atoms with Crippen LogP contribution in [-0.4, -0.2) is 32.0 Å². The SMILES string of the molecule is Cc1ccn(-c2cccc(C(C)C)c2)c(=O)c1C(=O)NCCCn1ccnn1. The summed E-state index contributed by atoms with van der Waals surface area (Å²) in [6.45, 7) is 7.10. The van der Waals surface area contributed by atoms with Gasteiger partial charge in [0, 0.05) is 31.2 Å². The van der Waals surface area contributed by atoms with Crippen LogP contribution in [0.5, 0.6) is 0 Å². The van der Waals surface area contributed by atoms with Gasteiger partial charge >= 0.3 is 0 Å². The van der Waals surface area contributed by atoms with Gasteiger partial charge in [-0.15, -0.1) is 5.10 Å². The molecule has 1 amide bonds. The predicted octanol–water partition coefficient (Wildman–Crippen LogP) is 2.68. The number of nitrogens with zero attached hydrogens (tertiary/aromatic N) is 4. The fraction of sp³-hybridized carbons (Fsp3) is 0.333. The highest BCUT2D eigenvalue weighted by atomic mass is 16.2. The Morgan fingerprint density at radius 1 is 1.21 bits per heavy atom. The lowest BCUT2D eigenvalue weighted by Crippen LogP contribution is -2.34. The van der Waals surface area contributed by atoms with Gasteiger partial charge in [-0.25, -0.2) is 0 Å². The van der Waals surface area contributed by atoms with E-state index >= 15 is 0 Å². The second kappa shape index (κ2) is 8.65. The molecule has 3 rings (SSSR count). The first-order valence-electron chi connectivity index (χ1n) is 9.42. The average molecular weight is 379 g/mol. The largest absolute Gasteiger partial charge is 0.352 e. The minimum Gasteiger partial charge on any atom is -0.352 e. The minimum atomic E-state index is -0.351. The Morgan fingerprint density at radius 3 is 2.75 bits per heavy atom. The molecular weight excluding hydrogens is 354 g/mol. The third kappa shape index (κ3) is 4.36. The Bertz CT molecular complexity index is 1010. The number of hydrogen-bond acceptors (Lipinski definition) is 4. The average Bonchev–Trinajstić information content (AvgIpc) is 3.19. The highest BCUT2D eigenvalue weighted by molar-refractivity contribution is 5.95. The summed E-state index contributed by atoms with van der Waals surface area (Å²) in [6.07, 6.45) is 5.81. The summed E-state index contributed by atoms with van der Waals surface area (Å²) in [7, 11) is 0. The third-order valence-electron chi connectivity index (χ3n) is 4.66. The van der Waals surface area contributed by atoms with Gasteiger partial charge in [0.2, 0.25) is 0 Å². The monoisotopic (exact) mass is 379 g/mol. The summed E-state index contributed by atoms with van der Waals surface area (Å²) in [5.41, 5.74) is 2.43.